The Bertz CT molecular complexity index is 164. The van der Waals surface area contributed by atoms with Crippen molar-refractivity contribution in [3.05, 3.63) is 0 Å². The highest BCUT2D eigenvalue weighted by Gasteiger charge is 2.27. The Morgan fingerprint density at radius 3 is 2.20 bits per heavy atom. The lowest BCUT2D eigenvalue weighted by Crippen LogP contribution is -1.98. The van der Waals surface area contributed by atoms with Crippen LogP contribution in [0.1, 0.15) is 59.3 Å². The molecular formula is C13H25ClO. The van der Waals surface area contributed by atoms with Gasteiger partial charge in [-0.2, -0.15) is 0 Å². The van der Waals surface area contributed by atoms with Gasteiger partial charge in [-0.05, 0) is 18.8 Å². The van der Waals surface area contributed by atoms with Crippen LogP contribution in [0.2, 0.25) is 0 Å². The van der Waals surface area contributed by atoms with E-state index in [0.717, 1.165) is 18.7 Å². The number of carbonyl (C=O) groups excluding carboxylic acids is 1. The van der Waals surface area contributed by atoms with Gasteiger partial charge in [-0.1, -0.05) is 40.0 Å². The van der Waals surface area contributed by atoms with Gasteiger partial charge in [0.1, 0.15) is 5.78 Å². The van der Waals surface area contributed by atoms with E-state index in [1.807, 2.05) is 6.92 Å². The van der Waals surface area contributed by atoms with Gasteiger partial charge in [0.25, 0.3) is 0 Å². The second-order valence-corrected chi connectivity index (χ2v) is 4.86. The highest BCUT2D eigenvalue weighted by Crippen LogP contribution is 2.29. The zero-order chi connectivity index (χ0) is 11.7. The number of halogens is 1. The van der Waals surface area contributed by atoms with E-state index in [4.69, 9.17) is 11.6 Å². The van der Waals surface area contributed by atoms with Crippen molar-refractivity contribution in [1.29, 1.82) is 0 Å². The summed E-state index contributed by atoms with van der Waals surface area (Å²) >= 11 is 5.38. The average Bonchev–Trinajstić information content (AvgIpc) is 2.56. The van der Waals surface area contributed by atoms with Crippen LogP contribution in [-0.4, -0.2) is 11.7 Å². The third-order valence-corrected chi connectivity index (χ3v) is 3.31. The number of ketones is 1. The van der Waals surface area contributed by atoms with Crippen molar-refractivity contribution in [2.45, 2.75) is 59.3 Å². The molecule has 0 aromatic rings. The minimum absolute atomic E-state index is 0.356. The zero-order valence-corrected chi connectivity index (χ0v) is 11.1. The summed E-state index contributed by atoms with van der Waals surface area (Å²) in [6.45, 7) is 6.38. The maximum absolute atomic E-state index is 10.9. The molecule has 2 heteroatoms. The molecule has 0 aromatic carbocycles. The summed E-state index contributed by atoms with van der Waals surface area (Å²) in [4.78, 5) is 10.9. The van der Waals surface area contributed by atoms with E-state index < -0.39 is 0 Å². The fraction of sp³-hybridized carbons (Fsp3) is 0.923. The van der Waals surface area contributed by atoms with E-state index in [9.17, 15) is 4.79 Å². The monoisotopic (exact) mass is 232 g/mol. The third kappa shape index (κ3) is 6.94. The summed E-state index contributed by atoms with van der Waals surface area (Å²) in [5.41, 5.74) is 0. The number of rotatable bonds is 4. The molecule has 0 amide bonds. The van der Waals surface area contributed by atoms with Crippen LogP contribution in [0.15, 0.2) is 0 Å². The number of unbranched alkanes of at least 4 members (excludes halogenated alkanes) is 2. The van der Waals surface area contributed by atoms with Crippen LogP contribution in [-0.2, 0) is 4.79 Å². The Labute approximate surface area is 99.6 Å². The van der Waals surface area contributed by atoms with E-state index in [1.54, 1.807) is 0 Å². The highest BCUT2D eigenvalue weighted by molar-refractivity contribution is 6.17. The fourth-order valence-electron chi connectivity index (χ4n) is 1.86. The molecule has 1 aliphatic carbocycles. The number of carbonyl (C=O) groups is 1. The fourth-order valence-corrected chi connectivity index (χ4v) is 2.04. The number of hydrogen-bond acceptors (Lipinski definition) is 1. The predicted molar refractivity (Wildman–Crippen MR) is 67.4 cm³/mol. The van der Waals surface area contributed by atoms with E-state index in [1.165, 1.54) is 25.7 Å². The van der Waals surface area contributed by atoms with Crippen molar-refractivity contribution >= 4 is 17.4 Å². The van der Waals surface area contributed by atoms with Crippen molar-refractivity contribution < 1.29 is 4.79 Å². The third-order valence-electron chi connectivity index (χ3n) is 3.04. The van der Waals surface area contributed by atoms with E-state index >= 15 is 0 Å². The van der Waals surface area contributed by atoms with Crippen molar-refractivity contribution in [3.8, 4) is 0 Å². The van der Waals surface area contributed by atoms with Gasteiger partial charge in [-0.25, -0.2) is 0 Å². The predicted octanol–water partition coefficient (Wildman–Crippen LogP) is 4.43. The Morgan fingerprint density at radius 2 is 2.00 bits per heavy atom. The van der Waals surface area contributed by atoms with Crippen LogP contribution in [0.25, 0.3) is 0 Å². The van der Waals surface area contributed by atoms with Crippen molar-refractivity contribution in [2.24, 2.45) is 11.8 Å². The van der Waals surface area contributed by atoms with Crippen molar-refractivity contribution in [3.63, 3.8) is 0 Å². The van der Waals surface area contributed by atoms with Crippen LogP contribution in [0, 0.1) is 11.8 Å². The summed E-state index contributed by atoms with van der Waals surface area (Å²) in [6, 6.07) is 0. The summed E-state index contributed by atoms with van der Waals surface area (Å²) in [5.74, 6) is 2.36. The topological polar surface area (TPSA) is 17.1 Å². The highest BCUT2D eigenvalue weighted by atomic mass is 35.5. The standard InChI is InChI=1S/C8H14O.C5H11Cl/c1-3-7-4-6(2)8(9)5-7;1-2-3-4-5-6/h6-7H,3-5H2,1-2H3;2-5H2,1H3. The molecule has 1 saturated carbocycles. The molecule has 15 heavy (non-hydrogen) atoms. The van der Waals surface area contributed by atoms with E-state index in [2.05, 4.69) is 13.8 Å². The molecule has 0 spiro atoms. The average molecular weight is 233 g/mol. The summed E-state index contributed by atoms with van der Waals surface area (Å²) in [7, 11) is 0. The molecule has 1 aliphatic rings. The largest absolute Gasteiger partial charge is 0.299 e. The second kappa shape index (κ2) is 9.21. The molecule has 90 valence electrons. The SMILES string of the molecule is CCC1CC(=O)C(C)C1.CCCCCCl. The lowest BCUT2D eigenvalue weighted by molar-refractivity contribution is -0.120. The Balaban J connectivity index is 0.000000288. The Hall–Kier alpha value is -0.0400. The lowest BCUT2D eigenvalue weighted by Gasteiger charge is -2.00. The van der Waals surface area contributed by atoms with Gasteiger partial charge >= 0.3 is 0 Å². The molecule has 1 fully saturated rings. The minimum atomic E-state index is 0.356. The first-order chi connectivity index (χ1) is 7.15. The van der Waals surface area contributed by atoms with Crippen LogP contribution >= 0.6 is 11.6 Å². The molecule has 1 rings (SSSR count). The maximum Gasteiger partial charge on any atom is 0.135 e. The normalized spacial score (nSPS) is 24.9. The molecule has 0 bridgehead atoms. The smallest absolute Gasteiger partial charge is 0.135 e. The molecule has 0 aliphatic heterocycles. The van der Waals surface area contributed by atoms with Gasteiger partial charge < -0.3 is 0 Å². The summed E-state index contributed by atoms with van der Waals surface area (Å²) < 4.78 is 0. The number of Topliss-reactive ketones (excluding diaryl/α,β-unsaturated/α-hetero) is 1. The number of alkyl halides is 1. The second-order valence-electron chi connectivity index (χ2n) is 4.48. The lowest BCUT2D eigenvalue weighted by atomic mass is 10.0. The first kappa shape index (κ1) is 15.0. The Morgan fingerprint density at radius 1 is 1.33 bits per heavy atom. The molecule has 0 aromatic heterocycles. The molecule has 1 nitrogen and oxygen atoms in total. The van der Waals surface area contributed by atoms with Gasteiger partial charge in [0.05, 0.1) is 0 Å². The first-order valence-electron chi connectivity index (χ1n) is 6.24. The number of hydrogen-bond donors (Lipinski definition) is 0. The summed E-state index contributed by atoms with van der Waals surface area (Å²) in [5, 5.41) is 0. The molecule has 0 N–H and O–H groups in total. The minimum Gasteiger partial charge on any atom is -0.299 e. The zero-order valence-electron chi connectivity index (χ0n) is 10.4. The van der Waals surface area contributed by atoms with Crippen molar-refractivity contribution in [2.75, 3.05) is 5.88 Å². The molecule has 2 unspecified atom stereocenters. The van der Waals surface area contributed by atoms with Crippen LogP contribution < -0.4 is 0 Å². The van der Waals surface area contributed by atoms with Crippen LogP contribution in [0.4, 0.5) is 0 Å². The molecule has 0 radical (unpaired) electrons. The van der Waals surface area contributed by atoms with Crippen LogP contribution in [0.3, 0.4) is 0 Å². The van der Waals surface area contributed by atoms with Gasteiger partial charge in [-0.3, -0.25) is 4.79 Å². The first-order valence-corrected chi connectivity index (χ1v) is 6.77. The van der Waals surface area contributed by atoms with Crippen molar-refractivity contribution in [1.82, 2.24) is 0 Å². The van der Waals surface area contributed by atoms with Gasteiger partial charge in [0, 0.05) is 18.2 Å². The van der Waals surface area contributed by atoms with Gasteiger partial charge in [0.15, 0.2) is 0 Å². The molecule has 0 heterocycles. The molecular weight excluding hydrogens is 208 g/mol. The van der Waals surface area contributed by atoms with Crippen LogP contribution in [0.5, 0.6) is 0 Å². The Kier molecular flexibility index (Phi) is 9.18. The molecule has 2 atom stereocenters. The maximum atomic E-state index is 10.9. The summed E-state index contributed by atoms with van der Waals surface area (Å²) in [6.07, 6.45) is 6.89. The van der Waals surface area contributed by atoms with Gasteiger partial charge in [-0.15, -0.1) is 11.6 Å². The van der Waals surface area contributed by atoms with E-state index in [-0.39, 0.29) is 0 Å². The quantitative estimate of drug-likeness (QED) is 0.518. The van der Waals surface area contributed by atoms with Gasteiger partial charge in [0.2, 0.25) is 0 Å². The molecule has 0 saturated heterocycles. The van der Waals surface area contributed by atoms with E-state index in [0.29, 0.717) is 17.6 Å².